The minimum atomic E-state index is 0.842. The largest absolute Gasteiger partial charge is 0.309 e. The van der Waals surface area contributed by atoms with Gasteiger partial charge in [0.15, 0.2) is 5.65 Å². The number of nitrogens with zero attached hydrogens (tertiary/aromatic N) is 7. The van der Waals surface area contributed by atoms with E-state index in [2.05, 4.69) is 38.6 Å². The third-order valence-electron chi connectivity index (χ3n) is 3.57. The summed E-state index contributed by atoms with van der Waals surface area (Å²) < 4.78 is 8.14. The molecule has 24 heavy (non-hydrogen) atoms. The van der Waals surface area contributed by atoms with Gasteiger partial charge in [0.2, 0.25) is 5.16 Å². The van der Waals surface area contributed by atoms with Crippen molar-refractivity contribution in [2.75, 3.05) is 26.4 Å². The maximum absolute atomic E-state index is 4.56. The first-order valence-electron chi connectivity index (χ1n) is 7.64. The second kappa shape index (κ2) is 7.04. The maximum Gasteiger partial charge on any atom is 0.200 e. The topological polar surface area (TPSA) is 64.1 Å². The summed E-state index contributed by atoms with van der Waals surface area (Å²) in [5.74, 6) is 1.87. The fraction of sp³-hybridized carbons (Fsp3) is 0.467. The average Bonchev–Trinajstić information content (AvgIpc) is 3.15. The molecule has 3 rings (SSSR count). The number of thioether (sulfide) groups is 1. The van der Waals surface area contributed by atoms with Crippen LogP contribution in [0.3, 0.4) is 0 Å². The van der Waals surface area contributed by atoms with Crippen molar-refractivity contribution in [3.8, 4) is 0 Å². The molecule has 0 N–H and O–H groups in total. The highest BCUT2D eigenvalue weighted by atomic mass is 32.2. The van der Waals surface area contributed by atoms with Crippen molar-refractivity contribution in [2.45, 2.75) is 19.0 Å². The van der Waals surface area contributed by atoms with Crippen LogP contribution in [0.5, 0.6) is 0 Å². The quantitative estimate of drug-likeness (QED) is 0.627. The van der Waals surface area contributed by atoms with E-state index in [1.165, 1.54) is 11.5 Å². The zero-order valence-electron chi connectivity index (χ0n) is 14.5. The van der Waals surface area contributed by atoms with Crippen molar-refractivity contribution in [3.05, 3.63) is 22.1 Å². The van der Waals surface area contributed by atoms with Crippen LogP contribution in [0.2, 0.25) is 0 Å². The predicted molar refractivity (Wildman–Crippen MR) is 99.5 cm³/mol. The van der Waals surface area contributed by atoms with Crippen LogP contribution in [-0.2, 0) is 7.05 Å². The molecule has 0 saturated carbocycles. The molecule has 0 unspecified atom stereocenters. The Bertz CT molecular complexity index is 872. The van der Waals surface area contributed by atoms with Crippen LogP contribution >= 0.6 is 23.3 Å². The van der Waals surface area contributed by atoms with Gasteiger partial charge < -0.3 is 4.90 Å². The molecule has 0 fully saturated rings. The van der Waals surface area contributed by atoms with Gasteiger partial charge in [-0.3, -0.25) is 0 Å². The first-order chi connectivity index (χ1) is 11.5. The first-order valence-corrected chi connectivity index (χ1v) is 9.40. The van der Waals surface area contributed by atoms with Gasteiger partial charge in [0.1, 0.15) is 10.8 Å². The second-order valence-electron chi connectivity index (χ2n) is 5.81. The lowest BCUT2D eigenvalue weighted by Gasteiger charge is -2.06. The molecule has 0 aliphatic carbocycles. The van der Waals surface area contributed by atoms with E-state index in [4.69, 9.17) is 0 Å². The normalized spacial score (nSPS) is 12.2. The van der Waals surface area contributed by atoms with E-state index in [1.807, 2.05) is 42.2 Å². The van der Waals surface area contributed by atoms with E-state index in [0.717, 1.165) is 45.2 Å². The van der Waals surface area contributed by atoms with Gasteiger partial charge >= 0.3 is 0 Å². The van der Waals surface area contributed by atoms with Gasteiger partial charge in [0, 0.05) is 24.9 Å². The summed E-state index contributed by atoms with van der Waals surface area (Å²) in [5, 5.41) is 10.7. The number of rotatable bonds is 6. The molecule has 0 amide bonds. The Balaban J connectivity index is 1.77. The molecule has 128 valence electrons. The number of aryl methyl sites for hydroxylation is 3. The minimum Gasteiger partial charge on any atom is -0.309 e. The summed E-state index contributed by atoms with van der Waals surface area (Å²) in [6, 6.07) is 0. The third-order valence-corrected chi connectivity index (χ3v) is 5.20. The lowest BCUT2D eigenvalue weighted by Crippen LogP contribution is -2.14. The summed E-state index contributed by atoms with van der Waals surface area (Å²) in [6.45, 7) is 4.98. The lowest BCUT2D eigenvalue weighted by atomic mass is 10.2. The van der Waals surface area contributed by atoms with Crippen LogP contribution < -0.4 is 0 Å². The third kappa shape index (κ3) is 3.52. The molecule has 3 heterocycles. The molecule has 0 aliphatic heterocycles. The Hall–Kier alpha value is -1.71. The smallest absolute Gasteiger partial charge is 0.200 e. The summed E-state index contributed by atoms with van der Waals surface area (Å²) in [5.41, 5.74) is 3.04. The van der Waals surface area contributed by atoms with Gasteiger partial charge in [-0.05, 0) is 51.6 Å². The Kier molecular flexibility index (Phi) is 5.02. The SMILES string of the molecule is Cc1nn2c(C)nn(C)c2c1C=Cc1nc(SCCN(C)C)ns1. The molecule has 0 bridgehead atoms. The molecule has 0 spiro atoms. The summed E-state index contributed by atoms with van der Waals surface area (Å²) in [4.78, 5) is 6.72. The Morgan fingerprint density at radius 1 is 1.21 bits per heavy atom. The second-order valence-corrected chi connectivity index (χ2v) is 7.65. The molecule has 0 aliphatic rings. The van der Waals surface area contributed by atoms with E-state index < -0.39 is 0 Å². The van der Waals surface area contributed by atoms with Crippen LogP contribution in [0.4, 0.5) is 0 Å². The highest BCUT2D eigenvalue weighted by Gasteiger charge is 2.13. The van der Waals surface area contributed by atoms with Crippen LogP contribution in [-0.4, -0.2) is 60.0 Å². The van der Waals surface area contributed by atoms with Crippen molar-refractivity contribution in [1.29, 1.82) is 0 Å². The van der Waals surface area contributed by atoms with E-state index in [9.17, 15) is 0 Å². The van der Waals surface area contributed by atoms with Gasteiger partial charge in [-0.2, -0.15) is 19.1 Å². The number of aromatic nitrogens is 6. The van der Waals surface area contributed by atoms with Gasteiger partial charge in [0.05, 0.1) is 5.69 Å². The highest BCUT2D eigenvalue weighted by Crippen LogP contribution is 2.21. The van der Waals surface area contributed by atoms with E-state index in [1.54, 1.807) is 11.8 Å². The molecule has 3 aromatic heterocycles. The van der Waals surface area contributed by atoms with Gasteiger partial charge in [-0.15, -0.1) is 0 Å². The van der Waals surface area contributed by atoms with Crippen molar-refractivity contribution < 1.29 is 0 Å². The molecule has 0 aromatic carbocycles. The van der Waals surface area contributed by atoms with Gasteiger partial charge in [-0.25, -0.2) is 9.67 Å². The standard InChI is InChI=1S/C15H21N7S2/c1-10-12(14-21(5)18-11(2)22(14)17-10)6-7-13-16-15(19-24-13)23-9-8-20(3)4/h6-7H,8-9H2,1-5H3. The van der Waals surface area contributed by atoms with Gasteiger partial charge in [0.25, 0.3) is 0 Å². The van der Waals surface area contributed by atoms with Crippen molar-refractivity contribution >= 4 is 41.1 Å². The van der Waals surface area contributed by atoms with Crippen LogP contribution in [0.1, 0.15) is 22.1 Å². The van der Waals surface area contributed by atoms with E-state index >= 15 is 0 Å². The minimum absolute atomic E-state index is 0.842. The van der Waals surface area contributed by atoms with E-state index in [0.29, 0.717) is 0 Å². The molecule has 0 saturated heterocycles. The van der Waals surface area contributed by atoms with Crippen LogP contribution in [0, 0.1) is 13.8 Å². The Morgan fingerprint density at radius 3 is 2.75 bits per heavy atom. The molecular formula is C15H21N7S2. The zero-order valence-corrected chi connectivity index (χ0v) is 16.1. The summed E-state index contributed by atoms with van der Waals surface area (Å²) in [7, 11) is 6.07. The highest BCUT2D eigenvalue weighted by molar-refractivity contribution is 7.99. The Labute approximate surface area is 149 Å². The number of hydrogen-bond donors (Lipinski definition) is 0. The fourth-order valence-electron chi connectivity index (χ4n) is 2.39. The van der Waals surface area contributed by atoms with Crippen LogP contribution in [0.25, 0.3) is 17.8 Å². The first kappa shape index (κ1) is 17.1. The summed E-state index contributed by atoms with van der Waals surface area (Å²) in [6.07, 6.45) is 4.05. The molecule has 7 nitrogen and oxygen atoms in total. The number of hydrogen-bond acceptors (Lipinski definition) is 7. The molecular weight excluding hydrogens is 342 g/mol. The fourth-order valence-corrected chi connectivity index (χ4v) is 4.04. The van der Waals surface area contributed by atoms with Crippen molar-refractivity contribution in [3.63, 3.8) is 0 Å². The monoisotopic (exact) mass is 363 g/mol. The predicted octanol–water partition coefficient (Wildman–Crippen LogP) is 2.36. The Morgan fingerprint density at radius 2 is 2.00 bits per heavy atom. The van der Waals surface area contributed by atoms with Crippen LogP contribution in [0.15, 0.2) is 5.16 Å². The van der Waals surface area contributed by atoms with Crippen molar-refractivity contribution in [2.24, 2.45) is 7.05 Å². The maximum atomic E-state index is 4.56. The molecule has 0 atom stereocenters. The van der Waals surface area contributed by atoms with E-state index in [-0.39, 0.29) is 0 Å². The zero-order chi connectivity index (χ0) is 17.3. The molecule has 3 aromatic rings. The molecule has 9 heteroatoms. The summed E-state index contributed by atoms with van der Waals surface area (Å²) >= 11 is 3.11. The van der Waals surface area contributed by atoms with Crippen molar-refractivity contribution in [1.82, 2.24) is 33.7 Å². The average molecular weight is 364 g/mol. The number of fused-ring (bicyclic) bond motifs is 1. The molecule has 0 radical (unpaired) electrons. The van der Waals surface area contributed by atoms with Gasteiger partial charge in [-0.1, -0.05) is 11.8 Å². The lowest BCUT2D eigenvalue weighted by molar-refractivity contribution is 0.437.